The summed E-state index contributed by atoms with van der Waals surface area (Å²) in [6.07, 6.45) is -9.15. The third kappa shape index (κ3) is 5.67. The van der Waals surface area contributed by atoms with Crippen LogP contribution in [-0.4, -0.2) is 33.7 Å². The number of phenols is 1. The molecule has 3 fully saturated rings. The summed E-state index contributed by atoms with van der Waals surface area (Å²) >= 11 is 6.84. The Morgan fingerprint density at radius 1 is 0.786 bits per heavy atom. The van der Waals surface area contributed by atoms with Crippen molar-refractivity contribution in [3.05, 3.63) is 135 Å². The smallest absolute Gasteiger partial charge is 0.416 e. The molecule has 56 heavy (non-hydrogen) atoms. The van der Waals surface area contributed by atoms with Gasteiger partial charge < -0.3 is 5.11 Å². The van der Waals surface area contributed by atoms with Gasteiger partial charge in [-0.2, -0.15) is 31.4 Å². The number of alkyl halides is 6. The van der Waals surface area contributed by atoms with Crippen LogP contribution in [0.5, 0.6) is 5.75 Å². The summed E-state index contributed by atoms with van der Waals surface area (Å²) in [6.45, 7) is 1.86. The van der Waals surface area contributed by atoms with Crippen LogP contribution in [0.2, 0.25) is 5.02 Å². The average Bonchev–Trinajstić information content (AvgIpc) is 3.53. The van der Waals surface area contributed by atoms with Crippen molar-refractivity contribution in [3.8, 4) is 5.75 Å². The Bertz CT molecular complexity index is 2320. The number of carbonyl (C=O) groups is 4. The van der Waals surface area contributed by atoms with Crippen molar-refractivity contribution in [2.45, 2.75) is 43.5 Å². The van der Waals surface area contributed by atoms with Gasteiger partial charge in [-0.25, -0.2) is 4.90 Å². The average molecular weight is 794 g/mol. The molecule has 6 unspecified atom stereocenters. The van der Waals surface area contributed by atoms with Crippen LogP contribution in [0.3, 0.4) is 0 Å². The number of benzene rings is 4. The second kappa shape index (κ2) is 13.0. The molecule has 6 atom stereocenters. The Morgan fingerprint density at radius 3 is 2.04 bits per heavy atom. The van der Waals surface area contributed by atoms with Gasteiger partial charge in [0.15, 0.2) is 0 Å². The van der Waals surface area contributed by atoms with Crippen molar-refractivity contribution >= 4 is 46.6 Å². The van der Waals surface area contributed by atoms with Gasteiger partial charge in [-0.05, 0) is 79.3 Å². The number of halogens is 7. The fourth-order valence-electron chi connectivity index (χ4n) is 9.16. The zero-order valence-electron chi connectivity index (χ0n) is 29.2. The molecule has 0 aromatic heterocycles. The minimum absolute atomic E-state index is 0.0250. The molecule has 15 heteroatoms. The zero-order valence-corrected chi connectivity index (χ0v) is 29.9. The molecule has 2 N–H and O–H groups in total. The number of phenolic OH excluding ortho intramolecular Hbond substituents is 1. The Kier molecular flexibility index (Phi) is 8.64. The minimum Gasteiger partial charge on any atom is -0.508 e. The lowest BCUT2D eigenvalue weighted by Gasteiger charge is -2.50. The van der Waals surface area contributed by atoms with E-state index >= 15 is 4.79 Å². The molecule has 4 aromatic rings. The lowest BCUT2D eigenvalue weighted by atomic mass is 9.49. The molecule has 0 radical (unpaired) electrons. The first-order valence-electron chi connectivity index (χ1n) is 17.6. The summed E-state index contributed by atoms with van der Waals surface area (Å²) in [6, 6.07) is 20.2. The summed E-state index contributed by atoms with van der Waals surface area (Å²) in [4.78, 5) is 58.8. The molecule has 2 aliphatic heterocycles. The van der Waals surface area contributed by atoms with Crippen molar-refractivity contribution < 1.29 is 50.6 Å². The molecule has 2 heterocycles. The fourth-order valence-corrected chi connectivity index (χ4v) is 9.45. The molecule has 288 valence electrons. The van der Waals surface area contributed by atoms with Crippen molar-refractivity contribution in [1.29, 1.82) is 0 Å². The molecule has 0 spiro atoms. The first-order valence-corrected chi connectivity index (χ1v) is 17.9. The maximum atomic E-state index is 15.2. The molecular formula is C41H30ClF6N3O5. The lowest BCUT2D eigenvalue weighted by Crippen LogP contribution is -2.53. The van der Waals surface area contributed by atoms with Crippen LogP contribution < -0.4 is 10.3 Å². The Balaban J connectivity index is 1.30. The lowest BCUT2D eigenvalue weighted by molar-refractivity contribution is -0.143. The summed E-state index contributed by atoms with van der Waals surface area (Å²) in [7, 11) is 0. The number of nitrogens with one attached hydrogen (secondary N) is 1. The van der Waals surface area contributed by atoms with E-state index in [9.17, 15) is 45.8 Å². The number of amides is 4. The van der Waals surface area contributed by atoms with Gasteiger partial charge in [-0.1, -0.05) is 77.3 Å². The van der Waals surface area contributed by atoms with Gasteiger partial charge in [-0.15, -0.1) is 0 Å². The number of anilines is 2. The summed E-state index contributed by atoms with van der Waals surface area (Å²) < 4.78 is 83.4. The van der Waals surface area contributed by atoms with Gasteiger partial charge in [0.2, 0.25) is 11.8 Å². The number of aromatic hydroxyl groups is 1. The molecule has 1 saturated carbocycles. The van der Waals surface area contributed by atoms with E-state index in [0.717, 1.165) is 10.6 Å². The molecule has 4 amide bonds. The van der Waals surface area contributed by atoms with Crippen molar-refractivity contribution in [2.24, 2.45) is 23.7 Å². The van der Waals surface area contributed by atoms with Crippen LogP contribution in [0.1, 0.15) is 46.6 Å². The Labute approximate surface area is 320 Å². The van der Waals surface area contributed by atoms with E-state index < -0.39 is 87.8 Å². The van der Waals surface area contributed by atoms with Gasteiger partial charge in [-0.3, -0.25) is 24.6 Å². The maximum absolute atomic E-state index is 15.2. The summed E-state index contributed by atoms with van der Waals surface area (Å²) in [5, 5.41) is 11.3. The van der Waals surface area contributed by atoms with Gasteiger partial charge in [0.1, 0.15) is 5.75 Å². The van der Waals surface area contributed by atoms with E-state index in [-0.39, 0.29) is 29.7 Å². The standard InChI is InChI=1S/C41H30ClF6N3O5/c1-20-7-9-24(10-8-20)49-51-36(54)31-19-30-27(34(28-12-11-26(52)18-32(28)42)39(31,38(51)56)21-5-3-2-4-6-21)13-14-29-33(30)37(55)50(35(29)53)25-16-22(40(43,44)45)15-23(17-25)41(46,47)48/h2-13,15-18,29-31,33-34,49,52H,14,19H2,1H3. The van der Waals surface area contributed by atoms with Gasteiger partial charge in [0.25, 0.3) is 11.8 Å². The van der Waals surface area contributed by atoms with E-state index in [1.165, 1.54) is 18.2 Å². The van der Waals surface area contributed by atoms with Crippen molar-refractivity contribution in [1.82, 2.24) is 5.01 Å². The van der Waals surface area contributed by atoms with Crippen LogP contribution >= 0.6 is 11.6 Å². The van der Waals surface area contributed by atoms with Gasteiger partial charge in [0.05, 0.1) is 45.7 Å². The predicted octanol–water partition coefficient (Wildman–Crippen LogP) is 8.58. The third-order valence-electron chi connectivity index (χ3n) is 11.5. The van der Waals surface area contributed by atoms with Crippen LogP contribution in [0.15, 0.2) is 103 Å². The number of hydrogen-bond donors (Lipinski definition) is 2. The van der Waals surface area contributed by atoms with Gasteiger partial charge in [0, 0.05) is 10.9 Å². The number of nitrogens with zero attached hydrogens (tertiary/aromatic N) is 2. The zero-order chi connectivity index (χ0) is 40.1. The van der Waals surface area contributed by atoms with Crippen LogP contribution in [-0.2, 0) is 36.9 Å². The summed E-state index contributed by atoms with van der Waals surface area (Å²) in [5.74, 6) is -9.34. The van der Waals surface area contributed by atoms with E-state index in [0.29, 0.717) is 39.4 Å². The molecule has 2 saturated heterocycles. The van der Waals surface area contributed by atoms with E-state index in [2.05, 4.69) is 5.43 Å². The summed E-state index contributed by atoms with van der Waals surface area (Å²) in [5.41, 5.74) is -0.501. The highest BCUT2D eigenvalue weighted by Crippen LogP contribution is 2.65. The molecule has 2 aliphatic carbocycles. The monoisotopic (exact) mass is 793 g/mol. The molecule has 8 rings (SSSR count). The number of hydrazine groups is 1. The highest BCUT2D eigenvalue weighted by atomic mass is 35.5. The van der Waals surface area contributed by atoms with Crippen LogP contribution in [0, 0.1) is 30.6 Å². The van der Waals surface area contributed by atoms with Crippen LogP contribution in [0.25, 0.3) is 0 Å². The first kappa shape index (κ1) is 37.3. The topological polar surface area (TPSA) is 107 Å². The quantitative estimate of drug-likeness (QED) is 0.119. The highest BCUT2D eigenvalue weighted by molar-refractivity contribution is 6.31. The molecule has 0 bridgehead atoms. The maximum Gasteiger partial charge on any atom is 0.416 e. The van der Waals surface area contributed by atoms with E-state index in [1.54, 1.807) is 60.7 Å². The van der Waals surface area contributed by atoms with E-state index in [4.69, 9.17) is 11.6 Å². The minimum atomic E-state index is -5.24. The largest absolute Gasteiger partial charge is 0.508 e. The number of fused-ring (bicyclic) bond motifs is 4. The number of hydrogen-bond acceptors (Lipinski definition) is 6. The number of aryl methyl sites for hydroxylation is 1. The number of carbonyl (C=O) groups excluding carboxylic acids is 4. The second-order valence-corrected chi connectivity index (χ2v) is 15.0. The highest BCUT2D eigenvalue weighted by Gasteiger charge is 2.70. The Hall–Kier alpha value is -5.63. The molecule has 4 aromatic carbocycles. The predicted molar refractivity (Wildman–Crippen MR) is 191 cm³/mol. The Morgan fingerprint density at radius 2 is 1.43 bits per heavy atom. The SMILES string of the molecule is Cc1ccc(NN2C(=O)C3CC4C(=CCC5C(=O)N(c6cc(C(F)(F)F)cc(C(F)(F)F)c6)C(=O)C54)C(c4ccc(O)cc4Cl)C3(c3ccccc3)C2=O)cc1. The van der Waals surface area contributed by atoms with Crippen LogP contribution in [0.4, 0.5) is 37.7 Å². The van der Waals surface area contributed by atoms with Gasteiger partial charge >= 0.3 is 12.4 Å². The second-order valence-electron chi connectivity index (χ2n) is 14.6. The van der Waals surface area contributed by atoms with E-state index in [1.807, 2.05) is 6.92 Å². The molecular weight excluding hydrogens is 764 g/mol. The number of allylic oxidation sites excluding steroid dienone is 2. The van der Waals surface area contributed by atoms with Crippen molar-refractivity contribution in [3.63, 3.8) is 0 Å². The fraction of sp³-hybridized carbons (Fsp3) is 0.268. The van der Waals surface area contributed by atoms with Crippen molar-refractivity contribution in [2.75, 3.05) is 10.3 Å². The first-order chi connectivity index (χ1) is 26.4. The molecule has 4 aliphatic rings. The third-order valence-corrected chi connectivity index (χ3v) is 11.8. The normalized spacial score (nSPS) is 26.2. The number of imide groups is 2. The molecule has 8 nitrogen and oxygen atoms in total. The number of rotatable bonds is 5.